The molecule has 0 aliphatic carbocycles. The van der Waals surface area contributed by atoms with E-state index in [1.165, 1.54) is 0 Å². The average Bonchev–Trinajstić information content (AvgIpc) is 2.47. The second kappa shape index (κ2) is 3.85. The summed E-state index contributed by atoms with van der Waals surface area (Å²) in [6, 6.07) is 0. The number of aromatic nitrogens is 3. The Bertz CT molecular complexity index is 265. The lowest BCUT2D eigenvalue weighted by atomic mass is 10.1. The van der Waals surface area contributed by atoms with Crippen molar-refractivity contribution in [2.75, 3.05) is 6.61 Å². The largest absolute Gasteiger partial charge is 0.396 e. The van der Waals surface area contributed by atoms with Crippen LogP contribution in [0.4, 0.5) is 0 Å². The van der Waals surface area contributed by atoms with Gasteiger partial charge in [-0.05, 0) is 20.3 Å². The molecule has 0 bridgehead atoms. The van der Waals surface area contributed by atoms with E-state index in [1.54, 1.807) is 24.7 Å². The quantitative estimate of drug-likeness (QED) is 0.686. The predicted molar refractivity (Wildman–Crippen MR) is 47.0 cm³/mol. The van der Waals surface area contributed by atoms with Gasteiger partial charge in [0.2, 0.25) is 0 Å². The minimum absolute atomic E-state index is 0.137. The van der Waals surface area contributed by atoms with Gasteiger partial charge in [0, 0.05) is 13.2 Å². The van der Waals surface area contributed by atoms with Crippen LogP contribution in [-0.2, 0) is 12.1 Å². The lowest BCUT2D eigenvalue weighted by Gasteiger charge is -2.11. The van der Waals surface area contributed by atoms with Gasteiger partial charge in [-0.2, -0.15) is 0 Å². The molecule has 1 rings (SSSR count). The van der Waals surface area contributed by atoms with Gasteiger partial charge in [-0.3, -0.25) is 4.68 Å². The zero-order valence-electron chi connectivity index (χ0n) is 7.93. The highest BCUT2D eigenvalue weighted by Gasteiger charge is 2.19. The minimum Gasteiger partial charge on any atom is -0.396 e. The summed E-state index contributed by atoms with van der Waals surface area (Å²) in [5.74, 6) is 0. The molecule has 2 N–H and O–H groups in total. The van der Waals surface area contributed by atoms with Crippen LogP contribution in [0.1, 0.15) is 26.0 Å². The second-order valence-electron chi connectivity index (χ2n) is 3.50. The van der Waals surface area contributed by atoms with Gasteiger partial charge in [-0.1, -0.05) is 5.21 Å². The Labute approximate surface area is 77.0 Å². The number of nitrogens with zero attached hydrogens (tertiary/aromatic N) is 3. The van der Waals surface area contributed by atoms with Crippen LogP contribution in [0.2, 0.25) is 0 Å². The van der Waals surface area contributed by atoms with Crippen LogP contribution in [-0.4, -0.2) is 31.8 Å². The molecule has 0 aliphatic heterocycles. The molecule has 0 unspecified atom stereocenters. The van der Waals surface area contributed by atoms with Crippen LogP contribution in [0, 0.1) is 0 Å². The smallest absolute Gasteiger partial charge is 0.114 e. The number of aryl methyl sites for hydroxylation is 1. The lowest BCUT2D eigenvalue weighted by Crippen LogP contribution is -2.15. The van der Waals surface area contributed by atoms with Crippen molar-refractivity contribution >= 4 is 0 Å². The molecular weight excluding hydrogens is 170 g/mol. The molecule has 0 saturated heterocycles. The van der Waals surface area contributed by atoms with Crippen molar-refractivity contribution in [1.29, 1.82) is 0 Å². The molecule has 5 nitrogen and oxygen atoms in total. The third-order valence-electron chi connectivity index (χ3n) is 1.71. The molecule has 0 fully saturated rings. The summed E-state index contributed by atoms with van der Waals surface area (Å²) < 4.78 is 1.61. The van der Waals surface area contributed by atoms with Gasteiger partial charge in [-0.15, -0.1) is 5.10 Å². The van der Waals surface area contributed by atoms with Crippen molar-refractivity contribution in [2.24, 2.45) is 0 Å². The lowest BCUT2D eigenvalue weighted by molar-refractivity contribution is 0.0737. The summed E-state index contributed by atoms with van der Waals surface area (Å²) in [7, 11) is 0. The van der Waals surface area contributed by atoms with Crippen LogP contribution in [0.15, 0.2) is 6.20 Å². The fourth-order valence-corrected chi connectivity index (χ4v) is 0.921. The topological polar surface area (TPSA) is 71.2 Å². The van der Waals surface area contributed by atoms with Gasteiger partial charge in [0.25, 0.3) is 0 Å². The van der Waals surface area contributed by atoms with E-state index in [2.05, 4.69) is 10.3 Å². The zero-order chi connectivity index (χ0) is 9.90. The summed E-state index contributed by atoms with van der Waals surface area (Å²) in [4.78, 5) is 0. The Morgan fingerprint density at radius 2 is 2.23 bits per heavy atom. The van der Waals surface area contributed by atoms with Crippen molar-refractivity contribution in [3.05, 3.63) is 11.9 Å². The molecule has 0 aromatic carbocycles. The van der Waals surface area contributed by atoms with E-state index in [4.69, 9.17) is 5.11 Å². The maximum Gasteiger partial charge on any atom is 0.114 e. The summed E-state index contributed by atoms with van der Waals surface area (Å²) >= 11 is 0. The molecule has 0 saturated carbocycles. The monoisotopic (exact) mass is 185 g/mol. The van der Waals surface area contributed by atoms with Crippen molar-refractivity contribution in [1.82, 2.24) is 15.0 Å². The molecular formula is C8H15N3O2. The normalized spacial score (nSPS) is 12.0. The first-order valence-corrected chi connectivity index (χ1v) is 4.28. The van der Waals surface area contributed by atoms with E-state index in [1.807, 2.05) is 0 Å². The highest BCUT2D eigenvalue weighted by molar-refractivity contribution is 5.02. The fraction of sp³-hybridized carbons (Fsp3) is 0.750. The first kappa shape index (κ1) is 10.1. The first-order valence-electron chi connectivity index (χ1n) is 4.28. The zero-order valence-corrected chi connectivity index (χ0v) is 7.93. The van der Waals surface area contributed by atoms with E-state index in [0.717, 1.165) is 0 Å². The third kappa shape index (κ3) is 2.78. The molecule has 5 heteroatoms. The minimum atomic E-state index is -0.947. The van der Waals surface area contributed by atoms with E-state index in [-0.39, 0.29) is 6.61 Å². The van der Waals surface area contributed by atoms with Crippen LogP contribution < -0.4 is 0 Å². The van der Waals surface area contributed by atoms with Gasteiger partial charge >= 0.3 is 0 Å². The highest BCUT2D eigenvalue weighted by Crippen LogP contribution is 2.15. The summed E-state index contributed by atoms with van der Waals surface area (Å²) in [6.07, 6.45) is 2.34. The van der Waals surface area contributed by atoms with Crippen LogP contribution in [0.5, 0.6) is 0 Å². The van der Waals surface area contributed by atoms with E-state index in [9.17, 15) is 5.11 Å². The SMILES string of the molecule is CC(C)(O)c1cn(CCCO)nn1. The number of hydrogen-bond donors (Lipinski definition) is 2. The standard InChI is InChI=1S/C8H15N3O2/c1-8(2,13)7-6-11(10-9-7)4-3-5-12/h6,12-13H,3-5H2,1-2H3. The van der Waals surface area contributed by atoms with Crippen LogP contribution in [0.25, 0.3) is 0 Å². The molecule has 1 aromatic heterocycles. The number of aliphatic hydroxyl groups is 2. The van der Waals surface area contributed by atoms with E-state index < -0.39 is 5.60 Å². The third-order valence-corrected chi connectivity index (χ3v) is 1.71. The van der Waals surface area contributed by atoms with Gasteiger partial charge in [-0.25, -0.2) is 0 Å². The molecule has 0 radical (unpaired) electrons. The predicted octanol–water partition coefficient (Wildman–Crippen LogP) is -0.112. The molecule has 0 amide bonds. The first-order chi connectivity index (χ1) is 6.04. The molecule has 0 spiro atoms. The van der Waals surface area contributed by atoms with E-state index in [0.29, 0.717) is 18.7 Å². The molecule has 13 heavy (non-hydrogen) atoms. The number of aliphatic hydroxyl groups excluding tert-OH is 1. The highest BCUT2D eigenvalue weighted by atomic mass is 16.3. The van der Waals surface area contributed by atoms with Gasteiger partial charge < -0.3 is 10.2 Å². The van der Waals surface area contributed by atoms with Crippen LogP contribution >= 0.6 is 0 Å². The second-order valence-corrected chi connectivity index (χ2v) is 3.50. The fourth-order valence-electron chi connectivity index (χ4n) is 0.921. The summed E-state index contributed by atoms with van der Waals surface area (Å²) in [5, 5.41) is 25.8. The van der Waals surface area contributed by atoms with Crippen molar-refractivity contribution in [2.45, 2.75) is 32.4 Å². The molecule has 74 valence electrons. The van der Waals surface area contributed by atoms with Crippen molar-refractivity contribution in [3.8, 4) is 0 Å². The van der Waals surface area contributed by atoms with Crippen molar-refractivity contribution in [3.63, 3.8) is 0 Å². The average molecular weight is 185 g/mol. The summed E-state index contributed by atoms with van der Waals surface area (Å²) in [5.41, 5.74) is -0.400. The molecule has 1 aromatic rings. The van der Waals surface area contributed by atoms with E-state index >= 15 is 0 Å². The number of rotatable bonds is 4. The molecule has 0 atom stereocenters. The maximum atomic E-state index is 9.56. The molecule has 1 heterocycles. The van der Waals surface area contributed by atoms with Crippen molar-refractivity contribution < 1.29 is 10.2 Å². The van der Waals surface area contributed by atoms with Gasteiger partial charge in [0.15, 0.2) is 0 Å². The van der Waals surface area contributed by atoms with Gasteiger partial charge in [0.05, 0.1) is 6.20 Å². The Balaban J connectivity index is 2.64. The maximum absolute atomic E-state index is 9.56. The van der Waals surface area contributed by atoms with Crippen LogP contribution in [0.3, 0.4) is 0 Å². The molecule has 0 aliphatic rings. The Morgan fingerprint density at radius 3 is 2.69 bits per heavy atom. The van der Waals surface area contributed by atoms with Gasteiger partial charge in [0.1, 0.15) is 11.3 Å². The summed E-state index contributed by atoms with van der Waals surface area (Å²) in [6.45, 7) is 4.08. The Kier molecular flexibility index (Phi) is 3.00. The Hall–Kier alpha value is -0.940. The Morgan fingerprint density at radius 1 is 1.54 bits per heavy atom. The number of hydrogen-bond acceptors (Lipinski definition) is 4.